The minimum absolute atomic E-state index is 0.286. The van der Waals surface area contributed by atoms with Crippen molar-refractivity contribution in [1.29, 1.82) is 0 Å². The fourth-order valence-corrected chi connectivity index (χ4v) is 1.16. The van der Waals surface area contributed by atoms with Gasteiger partial charge in [-0.15, -0.1) is 0 Å². The zero-order chi connectivity index (χ0) is 10.4. The molecule has 1 aromatic carbocycles. The lowest BCUT2D eigenvalue weighted by molar-refractivity contribution is 0.0953. The van der Waals surface area contributed by atoms with E-state index < -0.39 is 0 Å². The topological polar surface area (TPSA) is 55.1 Å². The molecule has 0 heterocycles. The Hall–Kier alpha value is -1.26. The Balaban J connectivity index is 2.89. The number of hydrazine groups is 1. The summed E-state index contributed by atoms with van der Waals surface area (Å²) in [6.45, 7) is 0. The molecule has 0 aliphatic carbocycles. The van der Waals surface area contributed by atoms with Crippen LogP contribution in [-0.2, 0) is 0 Å². The van der Waals surface area contributed by atoms with Crippen molar-refractivity contribution in [2.45, 2.75) is 0 Å². The standard InChI is InChI=1S/C10H12N2OS/c11-12-10(13)9-5-1-3-8(7-9)4-2-6-14/h1-5,7,14H,6,11H2,(H,12,13). The molecule has 3 nitrogen and oxygen atoms in total. The van der Waals surface area contributed by atoms with Crippen LogP contribution in [0.4, 0.5) is 0 Å². The van der Waals surface area contributed by atoms with Crippen LogP contribution in [0.1, 0.15) is 15.9 Å². The Morgan fingerprint density at radius 2 is 2.36 bits per heavy atom. The van der Waals surface area contributed by atoms with Crippen LogP contribution in [0, 0.1) is 0 Å². The summed E-state index contributed by atoms with van der Waals surface area (Å²) in [5, 5.41) is 0. The van der Waals surface area contributed by atoms with E-state index in [0.29, 0.717) is 11.3 Å². The van der Waals surface area contributed by atoms with E-state index >= 15 is 0 Å². The summed E-state index contributed by atoms with van der Waals surface area (Å²) < 4.78 is 0. The summed E-state index contributed by atoms with van der Waals surface area (Å²) in [6, 6.07) is 7.19. The lowest BCUT2D eigenvalue weighted by atomic mass is 10.1. The third kappa shape index (κ3) is 2.90. The smallest absolute Gasteiger partial charge is 0.265 e. The molecule has 0 radical (unpaired) electrons. The van der Waals surface area contributed by atoms with Gasteiger partial charge in [-0.1, -0.05) is 24.3 Å². The number of benzene rings is 1. The molecule has 0 aromatic heterocycles. The lowest BCUT2D eigenvalue weighted by Crippen LogP contribution is -2.29. The van der Waals surface area contributed by atoms with Gasteiger partial charge in [-0.3, -0.25) is 10.2 Å². The van der Waals surface area contributed by atoms with E-state index in [2.05, 4.69) is 18.1 Å². The quantitative estimate of drug-likeness (QED) is 0.303. The first-order chi connectivity index (χ1) is 6.77. The molecule has 0 atom stereocenters. The molecule has 1 aromatic rings. The zero-order valence-corrected chi connectivity index (χ0v) is 8.50. The average Bonchev–Trinajstić information content (AvgIpc) is 2.25. The first-order valence-electron chi connectivity index (χ1n) is 4.16. The number of carbonyl (C=O) groups excluding carboxylic acids is 1. The molecule has 0 unspecified atom stereocenters. The van der Waals surface area contributed by atoms with Crippen molar-refractivity contribution in [3.8, 4) is 0 Å². The maximum absolute atomic E-state index is 11.2. The van der Waals surface area contributed by atoms with Gasteiger partial charge in [0.15, 0.2) is 0 Å². The van der Waals surface area contributed by atoms with Crippen LogP contribution >= 0.6 is 12.6 Å². The van der Waals surface area contributed by atoms with Crippen molar-refractivity contribution in [3.05, 3.63) is 41.5 Å². The number of hydrogen-bond acceptors (Lipinski definition) is 3. The number of amides is 1. The minimum Gasteiger partial charge on any atom is -0.290 e. The van der Waals surface area contributed by atoms with Gasteiger partial charge in [0.1, 0.15) is 0 Å². The number of nitrogens with two attached hydrogens (primary N) is 1. The Morgan fingerprint density at radius 3 is 3.00 bits per heavy atom. The third-order valence-corrected chi connectivity index (χ3v) is 1.91. The number of nitrogens with one attached hydrogen (secondary N) is 1. The maximum atomic E-state index is 11.2. The van der Waals surface area contributed by atoms with Crippen molar-refractivity contribution in [1.82, 2.24) is 5.43 Å². The van der Waals surface area contributed by atoms with Gasteiger partial charge in [-0.2, -0.15) is 12.6 Å². The van der Waals surface area contributed by atoms with Crippen LogP contribution in [0.15, 0.2) is 30.3 Å². The van der Waals surface area contributed by atoms with Gasteiger partial charge in [-0.25, -0.2) is 5.84 Å². The van der Waals surface area contributed by atoms with Crippen LogP contribution in [0.3, 0.4) is 0 Å². The maximum Gasteiger partial charge on any atom is 0.265 e. The van der Waals surface area contributed by atoms with Gasteiger partial charge in [0.25, 0.3) is 5.91 Å². The predicted molar refractivity (Wildman–Crippen MR) is 61.0 cm³/mol. The molecule has 0 spiro atoms. The largest absolute Gasteiger partial charge is 0.290 e. The average molecular weight is 208 g/mol. The minimum atomic E-state index is -0.286. The molecule has 14 heavy (non-hydrogen) atoms. The van der Waals surface area contributed by atoms with Gasteiger partial charge < -0.3 is 0 Å². The van der Waals surface area contributed by atoms with Gasteiger partial charge in [0.2, 0.25) is 0 Å². The Bertz CT molecular complexity index is 350. The summed E-state index contributed by atoms with van der Waals surface area (Å²) in [6.07, 6.45) is 3.81. The van der Waals surface area contributed by atoms with Crippen LogP contribution in [-0.4, -0.2) is 11.7 Å². The normalized spacial score (nSPS) is 10.4. The van der Waals surface area contributed by atoms with Gasteiger partial charge in [0.05, 0.1) is 0 Å². The molecule has 0 bridgehead atoms. The Labute approximate surface area is 88.4 Å². The van der Waals surface area contributed by atoms with Crippen LogP contribution in [0.25, 0.3) is 6.08 Å². The number of hydrogen-bond donors (Lipinski definition) is 3. The molecular formula is C10H12N2OS. The van der Waals surface area contributed by atoms with E-state index in [-0.39, 0.29) is 5.91 Å². The van der Waals surface area contributed by atoms with E-state index in [1.165, 1.54) is 0 Å². The SMILES string of the molecule is NNC(=O)c1cccc(C=CCS)c1. The van der Waals surface area contributed by atoms with E-state index in [1.807, 2.05) is 24.3 Å². The number of carbonyl (C=O) groups is 1. The third-order valence-electron chi connectivity index (χ3n) is 1.70. The van der Waals surface area contributed by atoms with E-state index in [4.69, 9.17) is 5.84 Å². The molecule has 1 rings (SSSR count). The second-order valence-electron chi connectivity index (χ2n) is 2.68. The summed E-state index contributed by atoms with van der Waals surface area (Å²) in [5.74, 6) is 5.41. The first kappa shape index (κ1) is 10.8. The summed E-state index contributed by atoms with van der Waals surface area (Å²) in [5.41, 5.74) is 3.59. The number of nitrogen functional groups attached to an aromatic ring is 1. The van der Waals surface area contributed by atoms with Crippen molar-refractivity contribution >= 4 is 24.6 Å². The fourth-order valence-electron chi connectivity index (χ4n) is 1.06. The highest BCUT2D eigenvalue weighted by atomic mass is 32.1. The van der Waals surface area contributed by atoms with Crippen LogP contribution < -0.4 is 11.3 Å². The van der Waals surface area contributed by atoms with Gasteiger partial charge >= 0.3 is 0 Å². The highest BCUT2D eigenvalue weighted by Crippen LogP contribution is 2.06. The summed E-state index contributed by atoms with van der Waals surface area (Å²) in [4.78, 5) is 11.2. The summed E-state index contributed by atoms with van der Waals surface area (Å²) in [7, 11) is 0. The Morgan fingerprint density at radius 1 is 1.57 bits per heavy atom. The Kier molecular flexibility index (Phi) is 4.22. The number of rotatable bonds is 3. The molecule has 3 N–H and O–H groups in total. The van der Waals surface area contributed by atoms with Crippen molar-refractivity contribution in [2.24, 2.45) is 5.84 Å². The van der Waals surface area contributed by atoms with E-state index in [9.17, 15) is 4.79 Å². The van der Waals surface area contributed by atoms with E-state index in [1.54, 1.807) is 12.1 Å². The fraction of sp³-hybridized carbons (Fsp3) is 0.100. The lowest BCUT2D eigenvalue weighted by Gasteiger charge is -2.00. The molecule has 0 fully saturated rings. The second kappa shape index (κ2) is 5.47. The van der Waals surface area contributed by atoms with Gasteiger partial charge in [0, 0.05) is 11.3 Å². The van der Waals surface area contributed by atoms with Gasteiger partial charge in [-0.05, 0) is 17.7 Å². The molecule has 0 aliphatic heterocycles. The van der Waals surface area contributed by atoms with Crippen LogP contribution in [0.5, 0.6) is 0 Å². The first-order valence-corrected chi connectivity index (χ1v) is 4.79. The molecular weight excluding hydrogens is 196 g/mol. The van der Waals surface area contributed by atoms with Crippen molar-refractivity contribution in [2.75, 3.05) is 5.75 Å². The predicted octanol–water partition coefficient (Wildman–Crippen LogP) is 1.23. The highest BCUT2D eigenvalue weighted by Gasteiger charge is 2.01. The van der Waals surface area contributed by atoms with E-state index in [0.717, 1.165) is 5.56 Å². The molecule has 74 valence electrons. The molecule has 0 aliphatic rings. The van der Waals surface area contributed by atoms with Crippen molar-refractivity contribution in [3.63, 3.8) is 0 Å². The zero-order valence-electron chi connectivity index (χ0n) is 7.60. The summed E-state index contributed by atoms with van der Waals surface area (Å²) >= 11 is 4.05. The highest BCUT2D eigenvalue weighted by molar-refractivity contribution is 7.80. The molecule has 0 saturated heterocycles. The monoisotopic (exact) mass is 208 g/mol. The van der Waals surface area contributed by atoms with Crippen LogP contribution in [0.2, 0.25) is 0 Å². The molecule has 4 heteroatoms. The second-order valence-corrected chi connectivity index (χ2v) is 3.05. The number of thiol groups is 1. The van der Waals surface area contributed by atoms with Crippen molar-refractivity contribution < 1.29 is 4.79 Å². The molecule has 1 amide bonds. The molecule has 0 saturated carbocycles.